The standard InChI is InChI=1S/C13H12N4S/c18-13(16-12-4-2-1-3-5-12)17-15-10-11-6-8-14-9-7-11/h1-10H,(H2,16,17,18)/b15-10-. The summed E-state index contributed by atoms with van der Waals surface area (Å²) in [4.78, 5) is 3.92. The van der Waals surface area contributed by atoms with E-state index in [9.17, 15) is 0 Å². The van der Waals surface area contributed by atoms with Crippen molar-refractivity contribution in [1.82, 2.24) is 10.4 Å². The molecule has 0 spiro atoms. The van der Waals surface area contributed by atoms with E-state index >= 15 is 0 Å². The Bertz CT molecular complexity index is 525. The van der Waals surface area contributed by atoms with Gasteiger partial charge in [0.25, 0.3) is 0 Å². The van der Waals surface area contributed by atoms with Crippen molar-refractivity contribution in [2.24, 2.45) is 5.10 Å². The molecule has 90 valence electrons. The zero-order valence-corrected chi connectivity index (χ0v) is 10.4. The van der Waals surface area contributed by atoms with Gasteiger partial charge in [-0.15, -0.1) is 0 Å². The number of para-hydroxylation sites is 1. The number of hydrazone groups is 1. The highest BCUT2D eigenvalue weighted by Crippen LogP contribution is 2.04. The lowest BCUT2D eigenvalue weighted by Crippen LogP contribution is -2.23. The van der Waals surface area contributed by atoms with Gasteiger partial charge in [0.2, 0.25) is 0 Å². The van der Waals surface area contributed by atoms with Gasteiger partial charge in [0.05, 0.1) is 6.21 Å². The van der Waals surface area contributed by atoms with E-state index in [1.807, 2.05) is 42.5 Å². The first-order valence-electron chi connectivity index (χ1n) is 5.40. The molecule has 5 heteroatoms. The third kappa shape index (κ3) is 3.95. The quantitative estimate of drug-likeness (QED) is 0.503. The third-order valence-corrected chi connectivity index (χ3v) is 2.31. The Morgan fingerprint density at radius 3 is 2.56 bits per heavy atom. The minimum absolute atomic E-state index is 0.450. The highest BCUT2D eigenvalue weighted by Gasteiger charge is 1.93. The molecule has 0 aliphatic carbocycles. The maximum absolute atomic E-state index is 5.10. The second kappa shape index (κ2) is 6.46. The lowest BCUT2D eigenvalue weighted by atomic mass is 10.3. The maximum atomic E-state index is 5.10. The number of nitrogens with one attached hydrogen (secondary N) is 2. The Hall–Kier alpha value is -2.27. The summed E-state index contributed by atoms with van der Waals surface area (Å²) in [5, 5.41) is 7.50. The molecule has 1 aromatic heterocycles. The van der Waals surface area contributed by atoms with Crippen molar-refractivity contribution in [2.45, 2.75) is 0 Å². The highest BCUT2D eigenvalue weighted by molar-refractivity contribution is 7.80. The number of pyridine rings is 1. The molecule has 2 rings (SSSR count). The number of anilines is 1. The van der Waals surface area contributed by atoms with Crippen LogP contribution in [0.4, 0.5) is 5.69 Å². The van der Waals surface area contributed by atoms with Gasteiger partial charge in [-0.2, -0.15) is 5.10 Å². The molecule has 0 fully saturated rings. The van der Waals surface area contributed by atoms with Gasteiger partial charge >= 0.3 is 0 Å². The fourth-order valence-electron chi connectivity index (χ4n) is 1.30. The van der Waals surface area contributed by atoms with Gasteiger partial charge in [-0.3, -0.25) is 10.4 Å². The van der Waals surface area contributed by atoms with E-state index in [4.69, 9.17) is 12.2 Å². The second-order valence-corrected chi connectivity index (χ2v) is 3.88. The van der Waals surface area contributed by atoms with Crippen molar-refractivity contribution in [3.8, 4) is 0 Å². The first-order valence-corrected chi connectivity index (χ1v) is 5.80. The number of hydrogen-bond acceptors (Lipinski definition) is 3. The summed E-state index contributed by atoms with van der Waals surface area (Å²) < 4.78 is 0. The minimum atomic E-state index is 0.450. The van der Waals surface area contributed by atoms with Gasteiger partial charge in [-0.05, 0) is 42.0 Å². The number of nitrogens with zero attached hydrogens (tertiary/aromatic N) is 2. The van der Waals surface area contributed by atoms with Crippen molar-refractivity contribution in [2.75, 3.05) is 5.32 Å². The molecule has 2 aromatic rings. The van der Waals surface area contributed by atoms with E-state index in [-0.39, 0.29) is 0 Å². The van der Waals surface area contributed by atoms with Crippen LogP contribution in [0, 0.1) is 0 Å². The zero-order chi connectivity index (χ0) is 12.6. The van der Waals surface area contributed by atoms with Gasteiger partial charge in [-0.25, -0.2) is 0 Å². The smallest absolute Gasteiger partial charge is 0.191 e. The van der Waals surface area contributed by atoms with Crippen molar-refractivity contribution < 1.29 is 0 Å². The summed E-state index contributed by atoms with van der Waals surface area (Å²) in [6, 6.07) is 13.4. The average molecular weight is 256 g/mol. The Balaban J connectivity index is 1.84. The Morgan fingerprint density at radius 1 is 1.11 bits per heavy atom. The lowest BCUT2D eigenvalue weighted by molar-refractivity contribution is 1.05. The SMILES string of the molecule is S=C(N/N=C\c1ccncc1)Nc1ccccc1. The molecule has 18 heavy (non-hydrogen) atoms. The number of benzene rings is 1. The summed E-state index contributed by atoms with van der Waals surface area (Å²) >= 11 is 5.10. The Morgan fingerprint density at radius 2 is 1.83 bits per heavy atom. The molecule has 0 amide bonds. The van der Waals surface area contributed by atoms with Gasteiger partial charge in [0.15, 0.2) is 5.11 Å². The summed E-state index contributed by atoms with van der Waals surface area (Å²) in [6.45, 7) is 0. The van der Waals surface area contributed by atoms with Crippen LogP contribution in [0.3, 0.4) is 0 Å². The third-order valence-electron chi connectivity index (χ3n) is 2.12. The van der Waals surface area contributed by atoms with Crippen LogP contribution >= 0.6 is 12.2 Å². The Kier molecular flexibility index (Phi) is 4.38. The van der Waals surface area contributed by atoms with Gasteiger partial charge < -0.3 is 5.32 Å². The molecule has 0 aliphatic heterocycles. The molecule has 0 saturated heterocycles. The van der Waals surface area contributed by atoms with Crippen molar-refractivity contribution in [3.63, 3.8) is 0 Å². The fourth-order valence-corrected chi connectivity index (χ4v) is 1.47. The van der Waals surface area contributed by atoms with Crippen LogP contribution in [0.5, 0.6) is 0 Å². The van der Waals surface area contributed by atoms with E-state index in [1.54, 1.807) is 18.6 Å². The zero-order valence-electron chi connectivity index (χ0n) is 9.58. The average Bonchev–Trinajstić information content (AvgIpc) is 2.41. The first kappa shape index (κ1) is 12.2. The van der Waals surface area contributed by atoms with Crippen molar-refractivity contribution in [1.29, 1.82) is 0 Å². The molecule has 0 atom stereocenters. The molecule has 0 bridgehead atoms. The molecular weight excluding hydrogens is 244 g/mol. The molecule has 0 saturated carbocycles. The normalized spacial score (nSPS) is 10.2. The molecule has 1 aromatic carbocycles. The van der Waals surface area contributed by atoms with Crippen LogP contribution in [0.25, 0.3) is 0 Å². The van der Waals surface area contributed by atoms with Gasteiger partial charge in [0.1, 0.15) is 0 Å². The van der Waals surface area contributed by atoms with Crippen LogP contribution in [-0.2, 0) is 0 Å². The fraction of sp³-hybridized carbons (Fsp3) is 0. The van der Waals surface area contributed by atoms with Crippen molar-refractivity contribution in [3.05, 3.63) is 60.4 Å². The number of thiocarbonyl (C=S) groups is 1. The van der Waals surface area contributed by atoms with Crippen LogP contribution in [0.2, 0.25) is 0 Å². The van der Waals surface area contributed by atoms with Crippen molar-refractivity contribution >= 4 is 29.2 Å². The summed E-state index contributed by atoms with van der Waals surface area (Å²) in [7, 11) is 0. The molecule has 1 heterocycles. The topological polar surface area (TPSA) is 49.3 Å². The summed E-state index contributed by atoms with van der Waals surface area (Å²) in [5.41, 5.74) is 4.63. The molecular formula is C13H12N4S. The van der Waals surface area contributed by atoms with E-state index in [2.05, 4.69) is 20.8 Å². The summed E-state index contributed by atoms with van der Waals surface area (Å²) in [5.74, 6) is 0. The number of rotatable bonds is 3. The predicted molar refractivity (Wildman–Crippen MR) is 77.6 cm³/mol. The number of aromatic nitrogens is 1. The largest absolute Gasteiger partial charge is 0.331 e. The predicted octanol–water partition coefficient (Wildman–Crippen LogP) is 2.40. The monoisotopic (exact) mass is 256 g/mol. The summed E-state index contributed by atoms with van der Waals surface area (Å²) in [6.07, 6.45) is 5.10. The highest BCUT2D eigenvalue weighted by atomic mass is 32.1. The maximum Gasteiger partial charge on any atom is 0.191 e. The van der Waals surface area contributed by atoms with E-state index < -0.39 is 0 Å². The van der Waals surface area contributed by atoms with E-state index in [0.717, 1.165) is 11.3 Å². The minimum Gasteiger partial charge on any atom is -0.331 e. The van der Waals surface area contributed by atoms with Crippen LogP contribution < -0.4 is 10.7 Å². The van der Waals surface area contributed by atoms with E-state index in [0.29, 0.717) is 5.11 Å². The Labute approximate surface area is 111 Å². The molecule has 4 nitrogen and oxygen atoms in total. The molecule has 0 aliphatic rings. The molecule has 2 N–H and O–H groups in total. The van der Waals surface area contributed by atoms with Crippen LogP contribution in [0.1, 0.15) is 5.56 Å². The van der Waals surface area contributed by atoms with Gasteiger partial charge in [-0.1, -0.05) is 18.2 Å². The lowest BCUT2D eigenvalue weighted by Gasteiger charge is -2.05. The molecule has 0 radical (unpaired) electrons. The molecule has 0 unspecified atom stereocenters. The number of hydrogen-bond donors (Lipinski definition) is 2. The van der Waals surface area contributed by atoms with Crippen LogP contribution in [0.15, 0.2) is 60.0 Å². The first-order chi connectivity index (χ1) is 8.84. The van der Waals surface area contributed by atoms with Gasteiger partial charge in [0, 0.05) is 18.1 Å². The van der Waals surface area contributed by atoms with Crippen LogP contribution in [-0.4, -0.2) is 16.3 Å². The van der Waals surface area contributed by atoms with E-state index in [1.165, 1.54) is 0 Å². The second-order valence-electron chi connectivity index (χ2n) is 3.47.